The smallest absolute Gasteiger partial charge is 0.339 e. The maximum absolute atomic E-state index is 12.5. The van der Waals surface area contributed by atoms with Crippen molar-refractivity contribution in [1.82, 2.24) is 10.2 Å². The van der Waals surface area contributed by atoms with Gasteiger partial charge in [0.15, 0.2) is 17.1 Å². The van der Waals surface area contributed by atoms with Crippen molar-refractivity contribution in [3.8, 4) is 11.5 Å². The summed E-state index contributed by atoms with van der Waals surface area (Å²) in [7, 11) is 2.98. The van der Waals surface area contributed by atoms with Gasteiger partial charge in [-0.2, -0.15) is 0 Å². The Morgan fingerprint density at radius 2 is 1.73 bits per heavy atom. The van der Waals surface area contributed by atoms with E-state index >= 15 is 0 Å². The number of amides is 1. The number of carbonyl (C=O) groups is 2. The number of hydrogen-bond acceptors (Lipinski definition) is 8. The molecule has 4 rings (SSSR count). The van der Waals surface area contributed by atoms with Gasteiger partial charge in [0.2, 0.25) is 12.7 Å². The average molecular weight is 575 g/mol. The monoisotopic (exact) mass is 574 g/mol. The Morgan fingerprint density at radius 3 is 2.29 bits per heavy atom. The molecule has 41 heavy (non-hydrogen) atoms. The Morgan fingerprint density at radius 1 is 1.05 bits per heavy atom. The van der Waals surface area contributed by atoms with Gasteiger partial charge in [0.1, 0.15) is 12.4 Å². The van der Waals surface area contributed by atoms with Gasteiger partial charge in [0.25, 0.3) is 0 Å². The van der Waals surface area contributed by atoms with Crippen molar-refractivity contribution in [1.29, 1.82) is 0 Å². The summed E-state index contributed by atoms with van der Waals surface area (Å²) in [4.78, 5) is 26.8. The van der Waals surface area contributed by atoms with Gasteiger partial charge in [-0.3, -0.25) is 9.69 Å². The lowest BCUT2D eigenvalue weighted by Crippen LogP contribution is -2.54. The van der Waals surface area contributed by atoms with Gasteiger partial charge < -0.3 is 29.0 Å². The van der Waals surface area contributed by atoms with Crippen LogP contribution in [0.25, 0.3) is 0 Å². The number of likely N-dealkylation sites (tertiary alicyclic amines) is 1. The standard InChI is InChI=1S/C17H25NO2.C15H25NO5/c1-4-13-10-15-16(20-12-19-15)11-14(13)6-9-18-8-5-7-17(18,2)3;1-11(19-5)10-20-13(18)15(9-12(17)16-4)8-6-7-14(2,3)21-15/h10-11H,4-9,12H2,1-3H3;1,6-10H2,2-5H3,(H,16,17)/t;15-/m.0/s1. The van der Waals surface area contributed by atoms with Gasteiger partial charge in [-0.15, -0.1) is 0 Å². The predicted molar refractivity (Wildman–Crippen MR) is 158 cm³/mol. The Hall–Kier alpha value is -2.78. The number of nitrogens with one attached hydrogen (secondary N) is 1. The Labute approximate surface area is 245 Å². The predicted octanol–water partition coefficient (Wildman–Crippen LogP) is 4.94. The van der Waals surface area contributed by atoms with E-state index in [9.17, 15) is 9.59 Å². The minimum Gasteiger partial charge on any atom is -0.498 e. The van der Waals surface area contributed by atoms with Gasteiger partial charge in [-0.1, -0.05) is 13.5 Å². The molecular weight excluding hydrogens is 524 g/mol. The third-order valence-electron chi connectivity index (χ3n) is 8.38. The van der Waals surface area contributed by atoms with Crippen LogP contribution in [0, 0.1) is 0 Å². The van der Waals surface area contributed by atoms with Crippen LogP contribution >= 0.6 is 0 Å². The van der Waals surface area contributed by atoms with E-state index in [0.29, 0.717) is 24.5 Å². The number of fused-ring (bicyclic) bond motifs is 1. The third kappa shape index (κ3) is 8.61. The molecule has 0 radical (unpaired) electrons. The number of nitrogens with zero attached hydrogens (tertiary/aromatic N) is 1. The fraction of sp³-hybridized carbons (Fsp3) is 0.688. The number of esters is 1. The van der Waals surface area contributed by atoms with Crippen LogP contribution in [-0.4, -0.2) is 74.2 Å². The first-order valence-corrected chi connectivity index (χ1v) is 14.8. The van der Waals surface area contributed by atoms with Crippen molar-refractivity contribution in [3.63, 3.8) is 0 Å². The number of methoxy groups -OCH3 is 1. The summed E-state index contributed by atoms with van der Waals surface area (Å²) in [6.45, 7) is 17.0. The van der Waals surface area contributed by atoms with E-state index < -0.39 is 17.2 Å². The van der Waals surface area contributed by atoms with Crippen molar-refractivity contribution in [2.75, 3.05) is 40.6 Å². The quantitative estimate of drug-likeness (QED) is 0.310. The fourth-order valence-electron chi connectivity index (χ4n) is 5.88. The summed E-state index contributed by atoms with van der Waals surface area (Å²) in [5.41, 5.74) is 1.47. The molecule has 0 aliphatic carbocycles. The maximum Gasteiger partial charge on any atom is 0.339 e. The van der Waals surface area contributed by atoms with Crippen LogP contribution in [0.5, 0.6) is 11.5 Å². The number of hydrogen-bond donors (Lipinski definition) is 1. The molecular formula is C32H50N2O7. The first-order chi connectivity index (χ1) is 19.3. The number of ether oxygens (including phenoxy) is 5. The summed E-state index contributed by atoms with van der Waals surface area (Å²) in [6, 6.07) is 4.34. The molecule has 1 aromatic rings. The molecule has 1 N–H and O–H groups in total. The van der Waals surface area contributed by atoms with Crippen LogP contribution in [0.3, 0.4) is 0 Å². The molecule has 0 aromatic heterocycles. The van der Waals surface area contributed by atoms with E-state index in [0.717, 1.165) is 43.7 Å². The van der Waals surface area contributed by atoms with E-state index in [1.165, 1.54) is 44.7 Å². The lowest BCUT2D eigenvalue weighted by Gasteiger charge is -2.43. The van der Waals surface area contributed by atoms with Gasteiger partial charge in [-0.25, -0.2) is 4.79 Å². The number of carbonyl (C=O) groups excluding carboxylic acids is 2. The summed E-state index contributed by atoms with van der Waals surface area (Å²) in [5, 5.41) is 2.53. The van der Waals surface area contributed by atoms with Crippen LogP contribution in [0.2, 0.25) is 0 Å². The molecule has 230 valence electrons. The number of rotatable bonds is 10. The van der Waals surface area contributed by atoms with E-state index in [4.69, 9.17) is 23.7 Å². The molecule has 9 heteroatoms. The maximum atomic E-state index is 12.5. The molecule has 3 heterocycles. The van der Waals surface area contributed by atoms with Crippen LogP contribution in [-0.2, 0) is 36.6 Å². The molecule has 0 unspecified atom stereocenters. The Balaban J connectivity index is 0.000000225. The summed E-state index contributed by atoms with van der Waals surface area (Å²) in [5.74, 6) is 1.37. The van der Waals surface area contributed by atoms with E-state index in [1.54, 1.807) is 0 Å². The van der Waals surface area contributed by atoms with Crippen LogP contribution in [0.1, 0.15) is 84.3 Å². The average Bonchev–Trinajstić information content (AvgIpc) is 3.53. The van der Waals surface area contributed by atoms with Crippen LogP contribution in [0.4, 0.5) is 0 Å². The van der Waals surface area contributed by atoms with Crippen molar-refractivity contribution in [2.45, 2.75) is 103 Å². The van der Waals surface area contributed by atoms with Crippen molar-refractivity contribution >= 4 is 11.9 Å². The topological polar surface area (TPSA) is 95.6 Å². The lowest BCUT2D eigenvalue weighted by atomic mass is 9.84. The second-order valence-electron chi connectivity index (χ2n) is 12.4. The first-order valence-electron chi connectivity index (χ1n) is 14.8. The van der Waals surface area contributed by atoms with Gasteiger partial charge in [0, 0.05) is 19.1 Å². The third-order valence-corrected chi connectivity index (χ3v) is 8.38. The van der Waals surface area contributed by atoms with Crippen molar-refractivity contribution < 1.29 is 33.3 Å². The summed E-state index contributed by atoms with van der Waals surface area (Å²) >= 11 is 0. The number of aryl methyl sites for hydroxylation is 1. The van der Waals surface area contributed by atoms with E-state index in [2.05, 4.69) is 49.7 Å². The Kier molecular flexibility index (Phi) is 11.1. The minimum absolute atomic E-state index is 0.0470. The molecule has 3 aliphatic rings. The molecule has 3 aliphatic heterocycles. The largest absolute Gasteiger partial charge is 0.498 e. The Bertz CT molecular complexity index is 1080. The normalized spacial score (nSPS) is 22.3. The second kappa shape index (κ2) is 13.9. The summed E-state index contributed by atoms with van der Waals surface area (Å²) in [6.07, 6.45) is 6.83. The van der Waals surface area contributed by atoms with E-state index in [-0.39, 0.29) is 18.9 Å². The molecule has 1 amide bonds. The SMILES string of the molecule is C=C(COC(=O)[C@@]1(CC(=O)NC)CCCC(C)(C)O1)OC.CCc1cc2c(cc1CCN1CCCC1(C)C)OCO2. The molecule has 0 bridgehead atoms. The molecule has 9 nitrogen and oxygen atoms in total. The van der Waals surface area contributed by atoms with Gasteiger partial charge >= 0.3 is 5.97 Å². The van der Waals surface area contributed by atoms with Crippen LogP contribution in [0.15, 0.2) is 24.5 Å². The highest BCUT2D eigenvalue weighted by molar-refractivity contribution is 5.88. The minimum atomic E-state index is -1.24. The van der Waals surface area contributed by atoms with E-state index in [1.807, 2.05) is 13.8 Å². The molecule has 0 spiro atoms. The number of benzene rings is 1. The van der Waals surface area contributed by atoms with Crippen LogP contribution < -0.4 is 14.8 Å². The second-order valence-corrected chi connectivity index (χ2v) is 12.4. The fourth-order valence-corrected chi connectivity index (χ4v) is 5.88. The van der Waals surface area contributed by atoms with Gasteiger partial charge in [-0.05, 0) is 102 Å². The first kappa shape index (κ1) is 32.7. The highest BCUT2D eigenvalue weighted by Gasteiger charge is 2.49. The molecule has 1 atom stereocenters. The zero-order valence-corrected chi connectivity index (χ0v) is 26.2. The zero-order valence-electron chi connectivity index (χ0n) is 26.2. The lowest BCUT2D eigenvalue weighted by molar-refractivity contribution is -0.209. The highest BCUT2D eigenvalue weighted by atomic mass is 16.7. The highest BCUT2D eigenvalue weighted by Crippen LogP contribution is 2.39. The van der Waals surface area contributed by atoms with Gasteiger partial charge in [0.05, 0.1) is 19.1 Å². The van der Waals surface area contributed by atoms with Crippen molar-refractivity contribution in [3.05, 3.63) is 35.6 Å². The van der Waals surface area contributed by atoms with Crippen molar-refractivity contribution in [2.24, 2.45) is 0 Å². The summed E-state index contributed by atoms with van der Waals surface area (Å²) < 4.78 is 27.0. The molecule has 2 saturated heterocycles. The molecule has 2 fully saturated rings. The molecule has 1 aromatic carbocycles. The molecule has 0 saturated carbocycles. The zero-order chi connectivity index (χ0) is 30.3.